The lowest BCUT2D eigenvalue weighted by molar-refractivity contribution is -0.132. The zero-order valence-corrected chi connectivity index (χ0v) is 11.3. The minimum absolute atomic E-state index is 0.0869. The summed E-state index contributed by atoms with van der Waals surface area (Å²) in [5.41, 5.74) is 0.863. The van der Waals surface area contributed by atoms with E-state index < -0.39 is 11.9 Å². The summed E-state index contributed by atoms with van der Waals surface area (Å²) in [5.74, 6) is -0.359. The largest absolute Gasteiger partial charge is 0.477 e. The minimum atomic E-state index is -0.556. The summed E-state index contributed by atoms with van der Waals surface area (Å²) < 4.78 is 19.3. The van der Waals surface area contributed by atoms with Crippen LogP contribution in [0.2, 0.25) is 0 Å². The molecule has 0 saturated carbocycles. The Balaban J connectivity index is 2.03. The maximum Gasteiger partial charge on any atom is 0.263 e. The van der Waals surface area contributed by atoms with Gasteiger partial charge in [0.25, 0.3) is 5.91 Å². The van der Waals surface area contributed by atoms with Gasteiger partial charge in [-0.3, -0.25) is 4.79 Å². The first kappa shape index (κ1) is 13.8. The molecule has 0 aromatic heterocycles. The third kappa shape index (κ3) is 3.23. The molecular weight excluding hydrogens is 247 g/mol. The summed E-state index contributed by atoms with van der Waals surface area (Å²) in [7, 11) is 1.72. The Morgan fingerprint density at radius 3 is 2.89 bits per heavy atom. The van der Waals surface area contributed by atoms with Crippen molar-refractivity contribution >= 4 is 5.91 Å². The highest BCUT2D eigenvalue weighted by Crippen LogP contribution is 2.23. The second kappa shape index (κ2) is 6.02. The SMILES string of the molecule is CCNCc1ccc(OC2CCN(C)C2=O)c(F)c1. The van der Waals surface area contributed by atoms with E-state index in [-0.39, 0.29) is 11.7 Å². The smallest absolute Gasteiger partial charge is 0.263 e. The van der Waals surface area contributed by atoms with Gasteiger partial charge in [-0.05, 0) is 24.2 Å². The van der Waals surface area contributed by atoms with Crippen molar-refractivity contribution in [3.63, 3.8) is 0 Å². The summed E-state index contributed by atoms with van der Waals surface area (Å²) in [6, 6.07) is 4.85. The maximum absolute atomic E-state index is 13.9. The molecule has 1 unspecified atom stereocenters. The molecule has 0 radical (unpaired) electrons. The average Bonchev–Trinajstić information content (AvgIpc) is 2.71. The number of carbonyl (C=O) groups excluding carboxylic acids is 1. The monoisotopic (exact) mass is 266 g/mol. The van der Waals surface area contributed by atoms with Crippen LogP contribution in [0.4, 0.5) is 4.39 Å². The molecular formula is C14H19FN2O2. The molecule has 1 fully saturated rings. The van der Waals surface area contributed by atoms with Crippen molar-refractivity contribution in [2.24, 2.45) is 0 Å². The van der Waals surface area contributed by atoms with Crippen molar-refractivity contribution in [1.82, 2.24) is 10.2 Å². The predicted molar refractivity (Wildman–Crippen MR) is 70.5 cm³/mol. The number of amides is 1. The zero-order valence-electron chi connectivity index (χ0n) is 11.3. The average molecular weight is 266 g/mol. The topological polar surface area (TPSA) is 41.6 Å². The van der Waals surface area contributed by atoms with E-state index in [2.05, 4.69) is 5.32 Å². The number of halogens is 1. The van der Waals surface area contributed by atoms with Gasteiger partial charge in [0.05, 0.1) is 0 Å². The molecule has 1 amide bonds. The van der Waals surface area contributed by atoms with Crippen LogP contribution >= 0.6 is 0 Å². The van der Waals surface area contributed by atoms with Gasteiger partial charge in [0.2, 0.25) is 0 Å². The molecule has 5 heteroatoms. The lowest BCUT2D eigenvalue weighted by Crippen LogP contribution is -2.29. The van der Waals surface area contributed by atoms with Crippen LogP contribution < -0.4 is 10.1 Å². The number of benzene rings is 1. The van der Waals surface area contributed by atoms with Crippen LogP contribution in [-0.2, 0) is 11.3 Å². The van der Waals surface area contributed by atoms with Crippen LogP contribution in [0.3, 0.4) is 0 Å². The van der Waals surface area contributed by atoms with Crippen molar-refractivity contribution in [2.75, 3.05) is 20.1 Å². The van der Waals surface area contributed by atoms with Crippen LogP contribution in [0.1, 0.15) is 18.9 Å². The second-order valence-electron chi connectivity index (χ2n) is 4.70. The minimum Gasteiger partial charge on any atom is -0.477 e. The van der Waals surface area contributed by atoms with Gasteiger partial charge >= 0.3 is 0 Å². The lowest BCUT2D eigenvalue weighted by atomic mass is 10.2. The zero-order chi connectivity index (χ0) is 13.8. The van der Waals surface area contributed by atoms with Gasteiger partial charge in [0.1, 0.15) is 0 Å². The molecule has 1 aromatic rings. The number of nitrogens with zero attached hydrogens (tertiary/aromatic N) is 1. The van der Waals surface area contributed by atoms with Gasteiger partial charge in [-0.1, -0.05) is 13.0 Å². The molecule has 1 saturated heterocycles. The van der Waals surface area contributed by atoms with Gasteiger partial charge in [-0.25, -0.2) is 4.39 Å². The van der Waals surface area contributed by atoms with Gasteiger partial charge < -0.3 is 15.0 Å². The summed E-state index contributed by atoms with van der Waals surface area (Å²) >= 11 is 0. The van der Waals surface area contributed by atoms with E-state index in [9.17, 15) is 9.18 Å². The van der Waals surface area contributed by atoms with Gasteiger partial charge in [-0.15, -0.1) is 0 Å². The molecule has 1 atom stereocenters. The summed E-state index contributed by atoms with van der Waals surface area (Å²) in [5, 5.41) is 3.13. The van der Waals surface area contributed by atoms with E-state index in [1.54, 1.807) is 18.0 Å². The molecule has 0 spiro atoms. The van der Waals surface area contributed by atoms with Crippen LogP contribution in [-0.4, -0.2) is 37.0 Å². The summed E-state index contributed by atoms with van der Waals surface area (Å²) in [6.45, 7) is 4.11. The van der Waals surface area contributed by atoms with Crippen LogP contribution in [0.5, 0.6) is 5.75 Å². The molecule has 1 heterocycles. The Morgan fingerprint density at radius 2 is 2.32 bits per heavy atom. The van der Waals surface area contributed by atoms with Gasteiger partial charge in [-0.2, -0.15) is 0 Å². The number of likely N-dealkylation sites (N-methyl/N-ethyl adjacent to an activating group) is 1. The van der Waals surface area contributed by atoms with E-state index in [0.29, 0.717) is 19.5 Å². The molecule has 2 rings (SSSR count). The molecule has 1 aliphatic heterocycles. The maximum atomic E-state index is 13.9. The van der Waals surface area contributed by atoms with Crippen molar-refractivity contribution in [1.29, 1.82) is 0 Å². The fourth-order valence-corrected chi connectivity index (χ4v) is 2.07. The molecule has 0 aliphatic carbocycles. The predicted octanol–water partition coefficient (Wildman–Crippen LogP) is 1.54. The quantitative estimate of drug-likeness (QED) is 0.879. The Hall–Kier alpha value is -1.62. The van der Waals surface area contributed by atoms with Crippen LogP contribution in [0.25, 0.3) is 0 Å². The lowest BCUT2D eigenvalue weighted by Gasteiger charge is -2.14. The van der Waals surface area contributed by atoms with Crippen molar-refractivity contribution < 1.29 is 13.9 Å². The number of hydrogen-bond donors (Lipinski definition) is 1. The van der Waals surface area contributed by atoms with Crippen LogP contribution in [0.15, 0.2) is 18.2 Å². The molecule has 4 nitrogen and oxygen atoms in total. The number of rotatable bonds is 5. The number of likely N-dealkylation sites (tertiary alicyclic amines) is 1. The third-order valence-corrected chi connectivity index (χ3v) is 3.22. The van der Waals surface area contributed by atoms with Gasteiger partial charge in [0.15, 0.2) is 17.7 Å². The molecule has 0 bridgehead atoms. The summed E-state index contributed by atoms with van der Waals surface area (Å²) in [6.07, 6.45) is 0.0487. The fraction of sp³-hybridized carbons (Fsp3) is 0.500. The fourth-order valence-electron chi connectivity index (χ4n) is 2.07. The first-order chi connectivity index (χ1) is 9.11. The second-order valence-corrected chi connectivity index (χ2v) is 4.70. The summed E-state index contributed by atoms with van der Waals surface area (Å²) in [4.78, 5) is 13.3. The first-order valence-corrected chi connectivity index (χ1v) is 6.52. The van der Waals surface area contributed by atoms with Crippen molar-refractivity contribution in [3.8, 4) is 5.75 Å². The Kier molecular flexibility index (Phi) is 4.37. The highest BCUT2D eigenvalue weighted by molar-refractivity contribution is 5.83. The van der Waals surface area contributed by atoms with Gasteiger partial charge in [0, 0.05) is 26.6 Å². The number of nitrogens with one attached hydrogen (secondary N) is 1. The van der Waals surface area contributed by atoms with E-state index in [1.165, 1.54) is 6.07 Å². The molecule has 19 heavy (non-hydrogen) atoms. The molecule has 1 N–H and O–H groups in total. The van der Waals surface area contributed by atoms with E-state index >= 15 is 0 Å². The normalized spacial score (nSPS) is 19.0. The molecule has 104 valence electrons. The Morgan fingerprint density at radius 1 is 1.53 bits per heavy atom. The van der Waals surface area contributed by atoms with Crippen molar-refractivity contribution in [2.45, 2.75) is 26.0 Å². The number of ether oxygens (including phenoxy) is 1. The standard InChI is InChI=1S/C14H19FN2O2/c1-3-16-9-10-4-5-12(11(15)8-10)19-13-6-7-17(2)14(13)18/h4-5,8,13,16H,3,6-7,9H2,1-2H3. The van der Waals surface area contributed by atoms with Crippen LogP contribution in [0, 0.1) is 5.82 Å². The highest BCUT2D eigenvalue weighted by Gasteiger charge is 2.31. The molecule has 1 aromatic carbocycles. The van der Waals surface area contributed by atoms with E-state index in [4.69, 9.17) is 4.74 Å². The molecule has 1 aliphatic rings. The van der Waals surface area contributed by atoms with Crippen molar-refractivity contribution in [3.05, 3.63) is 29.6 Å². The first-order valence-electron chi connectivity index (χ1n) is 6.52. The number of hydrogen-bond acceptors (Lipinski definition) is 3. The highest BCUT2D eigenvalue weighted by atomic mass is 19.1. The third-order valence-electron chi connectivity index (χ3n) is 3.22. The van der Waals surface area contributed by atoms with E-state index in [1.807, 2.05) is 13.0 Å². The number of carbonyl (C=O) groups is 1. The Labute approximate surface area is 112 Å². The Bertz CT molecular complexity index is 465. The van der Waals surface area contributed by atoms with E-state index in [0.717, 1.165) is 12.1 Å².